The second kappa shape index (κ2) is 4.49. The fourth-order valence-corrected chi connectivity index (χ4v) is 0.344. The highest BCUT2D eigenvalue weighted by Gasteiger charge is 2.02. The summed E-state index contributed by atoms with van der Waals surface area (Å²) in [7, 11) is 0. The maximum atomic E-state index is 9.81. The summed E-state index contributed by atoms with van der Waals surface area (Å²) in [6, 6.07) is 0. The van der Waals surface area contributed by atoms with E-state index in [9.17, 15) is 10.1 Å². The van der Waals surface area contributed by atoms with E-state index in [1.165, 1.54) is 6.20 Å². The van der Waals surface area contributed by atoms with Crippen LogP contribution in [0.5, 0.6) is 0 Å². The number of rotatable bonds is 1. The zero-order valence-electron chi connectivity index (χ0n) is 5.87. The van der Waals surface area contributed by atoms with Crippen LogP contribution in [0.4, 0.5) is 5.69 Å². The van der Waals surface area contributed by atoms with E-state index in [1.54, 1.807) is 0 Å². The summed E-state index contributed by atoms with van der Waals surface area (Å²) in [6.07, 6.45) is 2.38. The van der Waals surface area contributed by atoms with Crippen LogP contribution < -0.4 is 0 Å². The molecule has 0 aromatic carbocycles. The second-order valence-corrected chi connectivity index (χ2v) is 1.21. The van der Waals surface area contributed by atoms with Gasteiger partial charge in [-0.15, -0.1) is 0 Å². The molecule has 56 valence electrons. The smallest absolute Gasteiger partial charge is 0.279 e. The van der Waals surface area contributed by atoms with Gasteiger partial charge in [-0.3, -0.25) is 15.2 Å². The van der Waals surface area contributed by atoms with Crippen LogP contribution >= 0.6 is 0 Å². The molecule has 0 saturated carbocycles. The molecule has 0 aliphatic rings. The largest absolute Gasteiger partial charge is 0.306 e. The standard InChI is InChI=1S/C3H3N3O2.C2H6/c7-6(8)3-1-4-5-2-3;1-2/h1-2H,(H,4,5);1-2H3. The predicted octanol–water partition coefficient (Wildman–Crippen LogP) is 1.34. The minimum absolute atomic E-state index is 0.00926. The molecule has 0 saturated heterocycles. The van der Waals surface area contributed by atoms with Gasteiger partial charge in [0.1, 0.15) is 6.20 Å². The third kappa shape index (κ3) is 2.25. The molecule has 1 heterocycles. The average Bonchev–Trinajstić information content (AvgIpc) is 2.42. The van der Waals surface area contributed by atoms with Crippen LogP contribution in [0.3, 0.4) is 0 Å². The Bertz CT molecular complexity index is 183. The van der Waals surface area contributed by atoms with Crippen LogP contribution in [-0.4, -0.2) is 15.1 Å². The van der Waals surface area contributed by atoms with E-state index in [0.29, 0.717) is 0 Å². The van der Waals surface area contributed by atoms with Gasteiger partial charge in [0.25, 0.3) is 0 Å². The highest BCUT2D eigenvalue weighted by molar-refractivity contribution is 5.19. The molecule has 0 aliphatic carbocycles. The number of nitrogens with one attached hydrogen (secondary N) is 1. The van der Waals surface area contributed by atoms with Crippen LogP contribution in [0.2, 0.25) is 0 Å². The zero-order chi connectivity index (χ0) is 7.98. The van der Waals surface area contributed by atoms with Crippen LogP contribution in [0.1, 0.15) is 13.8 Å². The number of H-pyrrole nitrogens is 1. The molecule has 1 N–H and O–H groups in total. The van der Waals surface area contributed by atoms with Crippen molar-refractivity contribution in [3.05, 3.63) is 22.5 Å². The summed E-state index contributed by atoms with van der Waals surface area (Å²) in [4.78, 5) is 9.30. The van der Waals surface area contributed by atoms with Gasteiger partial charge in [0.15, 0.2) is 0 Å². The molecule has 0 spiro atoms. The predicted molar refractivity (Wildman–Crippen MR) is 36.6 cm³/mol. The van der Waals surface area contributed by atoms with Crippen LogP contribution in [0, 0.1) is 10.1 Å². The van der Waals surface area contributed by atoms with Crippen molar-refractivity contribution >= 4 is 5.69 Å². The molecule has 1 rings (SSSR count). The Morgan fingerprint density at radius 2 is 2.30 bits per heavy atom. The highest BCUT2D eigenvalue weighted by atomic mass is 16.6. The van der Waals surface area contributed by atoms with Crippen molar-refractivity contribution in [3.8, 4) is 0 Å². The lowest BCUT2D eigenvalue weighted by molar-refractivity contribution is -0.384. The van der Waals surface area contributed by atoms with Crippen molar-refractivity contribution in [3.63, 3.8) is 0 Å². The van der Waals surface area contributed by atoms with Crippen molar-refractivity contribution < 1.29 is 4.92 Å². The first-order valence-corrected chi connectivity index (χ1v) is 2.94. The van der Waals surface area contributed by atoms with Gasteiger partial charge in [0.2, 0.25) is 0 Å². The minimum Gasteiger partial charge on any atom is -0.279 e. The van der Waals surface area contributed by atoms with Crippen molar-refractivity contribution in [2.75, 3.05) is 0 Å². The Morgan fingerprint density at radius 3 is 2.50 bits per heavy atom. The molecule has 1 aromatic rings. The third-order valence-corrected chi connectivity index (χ3v) is 0.695. The van der Waals surface area contributed by atoms with Gasteiger partial charge < -0.3 is 0 Å². The molecule has 1 aromatic heterocycles. The fraction of sp³-hybridized carbons (Fsp3) is 0.400. The summed E-state index contributed by atoms with van der Waals surface area (Å²) in [5, 5.41) is 15.5. The van der Waals surface area contributed by atoms with Crippen LogP contribution in [0.15, 0.2) is 12.4 Å². The number of hydrogen-bond acceptors (Lipinski definition) is 3. The number of aromatic nitrogens is 2. The topological polar surface area (TPSA) is 71.8 Å². The Kier molecular flexibility index (Phi) is 3.86. The van der Waals surface area contributed by atoms with E-state index in [4.69, 9.17) is 0 Å². The first-order chi connectivity index (χ1) is 4.80. The number of hydrogen-bond donors (Lipinski definition) is 1. The van der Waals surface area contributed by atoms with Crippen molar-refractivity contribution in [2.24, 2.45) is 0 Å². The van der Waals surface area contributed by atoms with Gasteiger partial charge >= 0.3 is 5.69 Å². The van der Waals surface area contributed by atoms with Crippen molar-refractivity contribution in [1.82, 2.24) is 10.2 Å². The first kappa shape index (κ1) is 8.61. The first-order valence-electron chi connectivity index (χ1n) is 2.94. The summed E-state index contributed by atoms with van der Waals surface area (Å²) in [5.74, 6) is 0. The maximum absolute atomic E-state index is 9.81. The lowest BCUT2D eigenvalue weighted by Crippen LogP contribution is -1.82. The van der Waals surface area contributed by atoms with E-state index in [-0.39, 0.29) is 5.69 Å². The second-order valence-electron chi connectivity index (χ2n) is 1.21. The Labute approximate surface area is 58.2 Å². The Morgan fingerprint density at radius 1 is 1.70 bits per heavy atom. The quantitative estimate of drug-likeness (QED) is 0.476. The van der Waals surface area contributed by atoms with E-state index < -0.39 is 4.92 Å². The zero-order valence-corrected chi connectivity index (χ0v) is 5.87. The van der Waals surface area contributed by atoms with Gasteiger partial charge in [-0.2, -0.15) is 5.10 Å². The molecule has 5 nitrogen and oxygen atoms in total. The van der Waals surface area contributed by atoms with E-state index in [0.717, 1.165) is 6.20 Å². The molecule has 0 radical (unpaired) electrons. The third-order valence-electron chi connectivity index (χ3n) is 0.695. The molecule has 5 heteroatoms. The summed E-state index contributed by atoms with van der Waals surface area (Å²) in [5.41, 5.74) is -0.00926. The highest BCUT2D eigenvalue weighted by Crippen LogP contribution is 2.02. The van der Waals surface area contributed by atoms with Gasteiger partial charge in [0, 0.05) is 0 Å². The van der Waals surface area contributed by atoms with Gasteiger partial charge in [-0.1, -0.05) is 13.8 Å². The van der Waals surface area contributed by atoms with Gasteiger partial charge in [-0.25, -0.2) is 0 Å². The molecular weight excluding hydrogens is 134 g/mol. The summed E-state index contributed by atoms with van der Waals surface area (Å²) >= 11 is 0. The van der Waals surface area contributed by atoms with E-state index >= 15 is 0 Å². The maximum Gasteiger partial charge on any atom is 0.306 e. The van der Waals surface area contributed by atoms with E-state index in [2.05, 4.69) is 10.2 Å². The monoisotopic (exact) mass is 143 g/mol. The fourth-order valence-electron chi connectivity index (χ4n) is 0.344. The minimum atomic E-state index is -0.510. The van der Waals surface area contributed by atoms with Crippen LogP contribution in [-0.2, 0) is 0 Å². The molecule has 0 atom stereocenters. The Balaban J connectivity index is 0.000000371. The number of aromatic amines is 1. The Hall–Kier alpha value is -1.39. The molecule has 0 fully saturated rings. The summed E-state index contributed by atoms with van der Waals surface area (Å²) < 4.78 is 0. The van der Waals surface area contributed by atoms with Gasteiger partial charge in [0.05, 0.1) is 11.1 Å². The molecular formula is C5H9N3O2. The molecule has 10 heavy (non-hydrogen) atoms. The van der Waals surface area contributed by atoms with Crippen LogP contribution in [0.25, 0.3) is 0 Å². The van der Waals surface area contributed by atoms with Gasteiger partial charge in [-0.05, 0) is 0 Å². The number of nitrogens with zero attached hydrogens (tertiary/aromatic N) is 2. The molecule has 0 unspecified atom stereocenters. The molecule has 0 bridgehead atoms. The lowest BCUT2D eigenvalue weighted by Gasteiger charge is -1.75. The van der Waals surface area contributed by atoms with Crippen molar-refractivity contribution in [2.45, 2.75) is 13.8 Å². The lowest BCUT2D eigenvalue weighted by atomic mass is 10.6. The average molecular weight is 143 g/mol. The number of nitro groups is 1. The molecule has 0 amide bonds. The SMILES string of the molecule is CC.O=[N+]([O-])c1cn[nH]c1. The summed E-state index contributed by atoms with van der Waals surface area (Å²) in [6.45, 7) is 4.00. The van der Waals surface area contributed by atoms with E-state index in [1.807, 2.05) is 13.8 Å². The molecule has 0 aliphatic heterocycles. The normalized spacial score (nSPS) is 7.80. The van der Waals surface area contributed by atoms with Crippen molar-refractivity contribution in [1.29, 1.82) is 0 Å².